The number of nitrogens with one attached hydrogen (secondary N) is 1. The third-order valence-corrected chi connectivity index (χ3v) is 3.79. The van der Waals surface area contributed by atoms with Gasteiger partial charge in [-0.2, -0.15) is 18.2 Å². The van der Waals surface area contributed by atoms with E-state index in [1.54, 1.807) is 17.1 Å². The van der Waals surface area contributed by atoms with Crippen LogP contribution >= 0.6 is 31.9 Å². The number of alkyl halides is 3. The SMILES string of the molecule is COc1c(Br)cc(Br)cc1/C=C/c1cc(C(F)(F)F)[nH]c(=O)n1. The maximum atomic E-state index is 12.7. The lowest BCUT2D eigenvalue weighted by Gasteiger charge is -2.08. The molecule has 0 saturated heterocycles. The summed E-state index contributed by atoms with van der Waals surface area (Å²) < 4.78 is 44.7. The van der Waals surface area contributed by atoms with Gasteiger partial charge < -0.3 is 9.72 Å². The van der Waals surface area contributed by atoms with Crippen LogP contribution in [-0.4, -0.2) is 17.1 Å². The zero-order valence-electron chi connectivity index (χ0n) is 11.5. The summed E-state index contributed by atoms with van der Waals surface area (Å²) in [5.74, 6) is 0.505. The number of rotatable bonds is 3. The molecule has 0 aliphatic heterocycles. The van der Waals surface area contributed by atoms with E-state index >= 15 is 0 Å². The van der Waals surface area contributed by atoms with Crippen molar-refractivity contribution in [3.63, 3.8) is 0 Å². The van der Waals surface area contributed by atoms with Gasteiger partial charge in [-0.3, -0.25) is 0 Å². The average Bonchev–Trinajstić information content (AvgIpc) is 2.43. The zero-order valence-corrected chi connectivity index (χ0v) is 14.7. The van der Waals surface area contributed by atoms with Gasteiger partial charge in [-0.1, -0.05) is 15.9 Å². The number of aromatic amines is 1. The molecule has 0 aliphatic carbocycles. The number of hydrogen-bond acceptors (Lipinski definition) is 3. The van der Waals surface area contributed by atoms with E-state index in [0.29, 0.717) is 15.8 Å². The quantitative estimate of drug-likeness (QED) is 0.744. The molecule has 0 aliphatic rings. The van der Waals surface area contributed by atoms with E-state index in [2.05, 4.69) is 36.8 Å². The molecule has 0 fully saturated rings. The summed E-state index contributed by atoms with van der Waals surface area (Å²) in [4.78, 5) is 16.4. The lowest BCUT2D eigenvalue weighted by atomic mass is 10.1. The first-order valence-corrected chi connectivity index (χ1v) is 7.69. The molecule has 0 atom stereocenters. The van der Waals surface area contributed by atoms with Gasteiger partial charge in [0, 0.05) is 10.0 Å². The standard InChI is InChI=1S/C14H9Br2F3N2O2/c1-23-12-7(4-8(15)5-10(12)16)2-3-9-6-11(14(17,18)19)21-13(22)20-9/h2-6H,1H3,(H,20,21,22)/b3-2+. The predicted octanol–water partition coefficient (Wildman–Crippen LogP) is 4.49. The summed E-state index contributed by atoms with van der Waals surface area (Å²) in [6.45, 7) is 0. The summed E-state index contributed by atoms with van der Waals surface area (Å²) in [5, 5.41) is 0. The van der Waals surface area contributed by atoms with Crippen molar-refractivity contribution in [3.05, 3.63) is 54.6 Å². The number of methoxy groups -OCH3 is 1. The second kappa shape index (κ2) is 6.88. The van der Waals surface area contributed by atoms with Gasteiger partial charge in [0.2, 0.25) is 0 Å². The fourth-order valence-corrected chi connectivity index (χ4v) is 3.23. The van der Waals surface area contributed by atoms with Crippen LogP contribution in [0.5, 0.6) is 5.75 Å². The molecule has 0 spiro atoms. The maximum absolute atomic E-state index is 12.7. The van der Waals surface area contributed by atoms with Crippen molar-refractivity contribution in [2.24, 2.45) is 0 Å². The van der Waals surface area contributed by atoms with Gasteiger partial charge >= 0.3 is 11.9 Å². The Kier molecular flexibility index (Phi) is 5.30. The van der Waals surface area contributed by atoms with Gasteiger partial charge in [-0.15, -0.1) is 0 Å². The first-order chi connectivity index (χ1) is 10.7. The first-order valence-electron chi connectivity index (χ1n) is 6.10. The fraction of sp³-hybridized carbons (Fsp3) is 0.143. The minimum Gasteiger partial charge on any atom is -0.495 e. The van der Waals surface area contributed by atoms with Crippen molar-refractivity contribution in [2.75, 3.05) is 7.11 Å². The predicted molar refractivity (Wildman–Crippen MR) is 87.2 cm³/mol. The number of H-pyrrole nitrogens is 1. The Balaban J connectivity index is 2.46. The first kappa shape index (κ1) is 17.7. The molecule has 0 unspecified atom stereocenters. The molecule has 2 aromatic rings. The maximum Gasteiger partial charge on any atom is 0.431 e. The van der Waals surface area contributed by atoms with Crippen LogP contribution in [0.25, 0.3) is 12.2 Å². The average molecular weight is 454 g/mol. The Bertz CT molecular complexity index is 817. The minimum absolute atomic E-state index is 0.112. The summed E-state index contributed by atoms with van der Waals surface area (Å²) in [7, 11) is 1.47. The van der Waals surface area contributed by atoms with Crippen molar-refractivity contribution in [1.82, 2.24) is 9.97 Å². The summed E-state index contributed by atoms with van der Waals surface area (Å²) in [6.07, 6.45) is -1.83. The molecule has 0 saturated carbocycles. The number of nitrogens with zero attached hydrogens (tertiary/aromatic N) is 1. The lowest BCUT2D eigenvalue weighted by Crippen LogP contribution is -2.19. The zero-order chi connectivity index (χ0) is 17.2. The Hall–Kier alpha value is -1.61. The molecule has 4 nitrogen and oxygen atoms in total. The highest BCUT2D eigenvalue weighted by Crippen LogP contribution is 2.34. The van der Waals surface area contributed by atoms with Gasteiger partial charge in [0.25, 0.3) is 0 Å². The van der Waals surface area contributed by atoms with E-state index in [-0.39, 0.29) is 5.69 Å². The van der Waals surface area contributed by atoms with E-state index in [1.165, 1.54) is 19.3 Å². The molecule has 1 N–H and O–H groups in total. The van der Waals surface area contributed by atoms with Crippen LogP contribution in [-0.2, 0) is 6.18 Å². The van der Waals surface area contributed by atoms with E-state index < -0.39 is 17.6 Å². The van der Waals surface area contributed by atoms with Crippen LogP contribution in [0.4, 0.5) is 13.2 Å². The van der Waals surface area contributed by atoms with E-state index in [9.17, 15) is 18.0 Å². The van der Waals surface area contributed by atoms with Crippen LogP contribution in [0.3, 0.4) is 0 Å². The van der Waals surface area contributed by atoms with E-state index in [4.69, 9.17) is 4.74 Å². The number of hydrogen-bond donors (Lipinski definition) is 1. The van der Waals surface area contributed by atoms with Crippen molar-refractivity contribution in [1.29, 1.82) is 0 Å². The normalized spacial score (nSPS) is 11.9. The number of aromatic nitrogens is 2. The molecule has 23 heavy (non-hydrogen) atoms. The van der Waals surface area contributed by atoms with Crippen LogP contribution in [0.15, 0.2) is 31.9 Å². The molecule has 0 amide bonds. The second-order valence-corrected chi connectivity index (χ2v) is 6.14. The molecule has 1 aromatic carbocycles. The Labute approximate surface area is 145 Å². The topological polar surface area (TPSA) is 55.0 Å². The van der Waals surface area contributed by atoms with Gasteiger partial charge in [0.15, 0.2) is 0 Å². The highest BCUT2D eigenvalue weighted by molar-refractivity contribution is 9.11. The second-order valence-electron chi connectivity index (χ2n) is 4.37. The van der Waals surface area contributed by atoms with Gasteiger partial charge in [0.1, 0.15) is 11.4 Å². The highest BCUT2D eigenvalue weighted by Gasteiger charge is 2.32. The minimum atomic E-state index is -4.65. The third-order valence-electron chi connectivity index (χ3n) is 2.74. The summed E-state index contributed by atoms with van der Waals surface area (Å²) in [6, 6.07) is 4.25. The van der Waals surface area contributed by atoms with Crippen molar-refractivity contribution >= 4 is 44.0 Å². The van der Waals surface area contributed by atoms with E-state index in [0.717, 1.165) is 10.5 Å². The molecule has 1 aromatic heterocycles. The van der Waals surface area contributed by atoms with Crippen LogP contribution < -0.4 is 10.4 Å². The monoisotopic (exact) mass is 452 g/mol. The molecular weight excluding hydrogens is 445 g/mol. The number of ether oxygens (including phenoxy) is 1. The highest BCUT2D eigenvalue weighted by atomic mass is 79.9. The summed E-state index contributed by atoms with van der Waals surface area (Å²) in [5.41, 5.74) is -1.73. The largest absolute Gasteiger partial charge is 0.495 e. The Morgan fingerprint density at radius 2 is 1.91 bits per heavy atom. The molecule has 9 heteroatoms. The summed E-state index contributed by atoms with van der Waals surface area (Å²) >= 11 is 6.64. The lowest BCUT2D eigenvalue weighted by molar-refractivity contribution is -0.141. The Morgan fingerprint density at radius 1 is 1.22 bits per heavy atom. The number of benzene rings is 1. The van der Waals surface area contributed by atoms with Crippen LogP contribution in [0, 0.1) is 0 Å². The van der Waals surface area contributed by atoms with Crippen LogP contribution in [0.2, 0.25) is 0 Å². The van der Waals surface area contributed by atoms with Crippen molar-refractivity contribution in [2.45, 2.75) is 6.18 Å². The Morgan fingerprint density at radius 3 is 2.52 bits per heavy atom. The molecule has 0 bridgehead atoms. The van der Waals surface area contributed by atoms with Gasteiger partial charge in [-0.05, 0) is 46.3 Å². The third kappa shape index (κ3) is 4.44. The molecule has 1 heterocycles. The molecule has 2 rings (SSSR count). The smallest absolute Gasteiger partial charge is 0.431 e. The number of halogens is 5. The molecular formula is C14H9Br2F3N2O2. The van der Waals surface area contributed by atoms with Crippen LogP contribution in [0.1, 0.15) is 17.0 Å². The molecule has 0 radical (unpaired) electrons. The van der Waals surface area contributed by atoms with Gasteiger partial charge in [-0.25, -0.2) is 4.79 Å². The van der Waals surface area contributed by atoms with Gasteiger partial charge in [0.05, 0.1) is 17.3 Å². The molecule has 122 valence electrons. The van der Waals surface area contributed by atoms with Crippen molar-refractivity contribution in [3.8, 4) is 5.75 Å². The fourth-order valence-electron chi connectivity index (χ4n) is 1.81. The van der Waals surface area contributed by atoms with E-state index in [1.807, 2.05) is 0 Å². The van der Waals surface area contributed by atoms with Crippen molar-refractivity contribution < 1.29 is 17.9 Å².